The third-order valence-corrected chi connectivity index (χ3v) is 4.17. The molecule has 0 radical (unpaired) electrons. The lowest BCUT2D eigenvalue weighted by Gasteiger charge is -2.07. The van der Waals surface area contributed by atoms with Crippen LogP contribution in [0.25, 0.3) is 21.5 Å². The normalized spacial score (nSPS) is 11.3. The van der Waals surface area contributed by atoms with E-state index in [2.05, 4.69) is 71.4 Å². The number of fused-ring (bicyclic) bond motifs is 3. The Bertz CT molecular complexity index is 728. The van der Waals surface area contributed by atoms with E-state index >= 15 is 0 Å². The van der Waals surface area contributed by atoms with Gasteiger partial charge in [0.15, 0.2) is 0 Å². The molecular formula is C18H17Br. The number of benzene rings is 3. The molecule has 3 aromatic carbocycles. The Kier molecular flexibility index (Phi) is 3.56. The van der Waals surface area contributed by atoms with Gasteiger partial charge in [-0.1, -0.05) is 65.7 Å². The molecule has 0 aliphatic heterocycles. The summed E-state index contributed by atoms with van der Waals surface area (Å²) in [4.78, 5) is 0. The van der Waals surface area contributed by atoms with Gasteiger partial charge >= 0.3 is 0 Å². The van der Waals surface area contributed by atoms with Gasteiger partial charge in [0.2, 0.25) is 0 Å². The van der Waals surface area contributed by atoms with Crippen molar-refractivity contribution in [2.24, 2.45) is 0 Å². The van der Waals surface area contributed by atoms with Crippen LogP contribution in [0.15, 0.2) is 53.0 Å². The van der Waals surface area contributed by atoms with E-state index in [-0.39, 0.29) is 0 Å². The molecule has 0 saturated heterocycles. The van der Waals surface area contributed by atoms with Gasteiger partial charge in [-0.15, -0.1) is 0 Å². The Morgan fingerprint density at radius 1 is 0.842 bits per heavy atom. The molecule has 19 heavy (non-hydrogen) atoms. The first kappa shape index (κ1) is 12.7. The summed E-state index contributed by atoms with van der Waals surface area (Å²) in [6.45, 7) is 2.24. The minimum atomic E-state index is 1.14. The number of rotatable bonds is 3. The number of halogens is 1. The van der Waals surface area contributed by atoms with Crippen molar-refractivity contribution < 1.29 is 0 Å². The van der Waals surface area contributed by atoms with Crippen LogP contribution in [0.5, 0.6) is 0 Å². The third-order valence-electron chi connectivity index (χ3n) is 3.68. The number of hydrogen-bond donors (Lipinski definition) is 0. The topological polar surface area (TPSA) is 0 Å². The highest BCUT2D eigenvalue weighted by molar-refractivity contribution is 9.10. The second-order valence-electron chi connectivity index (χ2n) is 5.09. The van der Waals surface area contributed by atoms with Crippen molar-refractivity contribution in [1.82, 2.24) is 0 Å². The lowest BCUT2D eigenvalue weighted by atomic mass is 9.98. The maximum Gasteiger partial charge on any atom is 0.0181 e. The van der Waals surface area contributed by atoms with Gasteiger partial charge in [-0.3, -0.25) is 0 Å². The summed E-state index contributed by atoms with van der Waals surface area (Å²) < 4.78 is 1.14. The van der Waals surface area contributed by atoms with E-state index < -0.39 is 0 Å². The molecule has 0 aliphatic carbocycles. The van der Waals surface area contributed by atoms with Crippen molar-refractivity contribution in [2.45, 2.75) is 26.2 Å². The first-order valence-electron chi connectivity index (χ1n) is 6.89. The highest BCUT2D eigenvalue weighted by Gasteiger charge is 2.02. The van der Waals surface area contributed by atoms with Crippen molar-refractivity contribution in [3.05, 3.63) is 58.6 Å². The van der Waals surface area contributed by atoms with Crippen molar-refractivity contribution in [2.75, 3.05) is 0 Å². The molecule has 0 amide bonds. The molecule has 0 unspecified atom stereocenters. The second kappa shape index (κ2) is 5.34. The van der Waals surface area contributed by atoms with Crippen LogP contribution >= 0.6 is 15.9 Å². The molecule has 0 saturated carbocycles. The summed E-state index contributed by atoms with van der Waals surface area (Å²) in [5.41, 5.74) is 1.45. The molecule has 0 fully saturated rings. The Morgan fingerprint density at radius 2 is 1.53 bits per heavy atom. The van der Waals surface area contributed by atoms with Gasteiger partial charge in [-0.25, -0.2) is 0 Å². The molecule has 1 heteroatoms. The lowest BCUT2D eigenvalue weighted by molar-refractivity contribution is 0.796. The third kappa shape index (κ3) is 2.52. The van der Waals surface area contributed by atoms with Crippen molar-refractivity contribution in [3.63, 3.8) is 0 Å². The van der Waals surface area contributed by atoms with E-state index in [4.69, 9.17) is 0 Å². The number of unbranched alkanes of at least 4 members (excludes halogenated alkanes) is 1. The standard InChI is InChI=1S/C18H17Br/c1-2-3-4-13-5-9-17-14(11-13)6-7-15-12-16(19)8-10-18(15)17/h5-12H,2-4H2,1H3. The van der Waals surface area contributed by atoms with Crippen molar-refractivity contribution >= 4 is 37.5 Å². The molecule has 0 aliphatic rings. The van der Waals surface area contributed by atoms with Gasteiger partial charge in [0.05, 0.1) is 0 Å². The largest absolute Gasteiger partial charge is 0.0654 e. The van der Waals surface area contributed by atoms with Crippen LogP contribution < -0.4 is 0 Å². The lowest BCUT2D eigenvalue weighted by Crippen LogP contribution is -1.85. The summed E-state index contributed by atoms with van der Waals surface area (Å²) in [6.07, 6.45) is 3.71. The smallest absolute Gasteiger partial charge is 0.0181 e. The first-order valence-corrected chi connectivity index (χ1v) is 7.68. The first-order chi connectivity index (χ1) is 9.28. The Hall–Kier alpha value is -1.34. The van der Waals surface area contributed by atoms with Crippen LogP contribution in [0.3, 0.4) is 0 Å². The molecular weight excluding hydrogens is 296 g/mol. The van der Waals surface area contributed by atoms with Crippen molar-refractivity contribution in [3.8, 4) is 0 Å². The molecule has 0 atom stereocenters. The minimum absolute atomic E-state index is 1.14. The van der Waals surface area contributed by atoms with Gasteiger partial charge in [0, 0.05) is 4.47 Å². The zero-order valence-electron chi connectivity index (χ0n) is 11.1. The Balaban J connectivity index is 2.15. The molecule has 0 spiro atoms. The predicted octanol–water partition coefficient (Wildman–Crippen LogP) is 6.10. The van der Waals surface area contributed by atoms with E-state index in [1.54, 1.807) is 0 Å². The van der Waals surface area contributed by atoms with Crippen LogP contribution in [-0.4, -0.2) is 0 Å². The van der Waals surface area contributed by atoms with Crippen molar-refractivity contribution in [1.29, 1.82) is 0 Å². The Morgan fingerprint density at radius 3 is 2.26 bits per heavy atom. The fourth-order valence-corrected chi connectivity index (χ4v) is 3.01. The maximum absolute atomic E-state index is 3.54. The molecule has 96 valence electrons. The van der Waals surface area contributed by atoms with Gasteiger partial charge in [-0.05, 0) is 52.1 Å². The van der Waals surface area contributed by atoms with Gasteiger partial charge < -0.3 is 0 Å². The number of hydrogen-bond acceptors (Lipinski definition) is 0. The highest BCUT2D eigenvalue weighted by Crippen LogP contribution is 2.28. The fraction of sp³-hybridized carbons (Fsp3) is 0.222. The second-order valence-corrected chi connectivity index (χ2v) is 6.01. The zero-order chi connectivity index (χ0) is 13.2. The monoisotopic (exact) mass is 312 g/mol. The van der Waals surface area contributed by atoms with Gasteiger partial charge in [-0.2, -0.15) is 0 Å². The molecule has 0 bridgehead atoms. The quantitative estimate of drug-likeness (QED) is 0.513. The van der Waals surface area contributed by atoms with Crippen LogP contribution in [0.2, 0.25) is 0 Å². The molecule has 0 nitrogen and oxygen atoms in total. The summed E-state index contributed by atoms with van der Waals surface area (Å²) >= 11 is 3.54. The fourth-order valence-electron chi connectivity index (χ4n) is 2.63. The van der Waals surface area contributed by atoms with Gasteiger partial charge in [0.1, 0.15) is 0 Å². The van der Waals surface area contributed by atoms with Crippen LogP contribution in [0.1, 0.15) is 25.3 Å². The predicted molar refractivity (Wildman–Crippen MR) is 87.8 cm³/mol. The van der Waals surface area contributed by atoms with Crippen LogP contribution in [-0.2, 0) is 6.42 Å². The van der Waals surface area contributed by atoms with Crippen LogP contribution in [0, 0.1) is 0 Å². The van der Waals surface area contributed by atoms with E-state index in [1.807, 2.05) is 0 Å². The molecule has 3 rings (SSSR count). The van der Waals surface area contributed by atoms with E-state index in [0.717, 1.165) is 4.47 Å². The molecule has 0 heterocycles. The number of aryl methyl sites for hydroxylation is 1. The zero-order valence-corrected chi connectivity index (χ0v) is 12.7. The SMILES string of the molecule is CCCCc1ccc2c(ccc3cc(Br)ccc32)c1. The highest BCUT2D eigenvalue weighted by atomic mass is 79.9. The van der Waals surface area contributed by atoms with E-state index in [0.29, 0.717) is 0 Å². The molecule has 0 N–H and O–H groups in total. The Labute approximate surface area is 122 Å². The van der Waals surface area contributed by atoms with E-state index in [1.165, 1.54) is 46.4 Å². The summed E-state index contributed by atoms with van der Waals surface area (Å²) in [5.74, 6) is 0. The summed E-state index contributed by atoms with van der Waals surface area (Å²) in [6, 6.07) is 17.8. The molecule has 0 aromatic heterocycles. The van der Waals surface area contributed by atoms with E-state index in [9.17, 15) is 0 Å². The maximum atomic E-state index is 3.54. The minimum Gasteiger partial charge on any atom is -0.0654 e. The van der Waals surface area contributed by atoms with Crippen LogP contribution in [0.4, 0.5) is 0 Å². The molecule has 3 aromatic rings. The average Bonchev–Trinajstić information content (AvgIpc) is 2.44. The average molecular weight is 313 g/mol. The van der Waals surface area contributed by atoms with Gasteiger partial charge in [0.25, 0.3) is 0 Å². The summed E-state index contributed by atoms with van der Waals surface area (Å²) in [7, 11) is 0. The summed E-state index contributed by atoms with van der Waals surface area (Å²) in [5, 5.41) is 5.33.